The Bertz CT molecular complexity index is 952. The fourth-order valence-corrected chi connectivity index (χ4v) is 3.87. The van der Waals surface area contributed by atoms with Crippen molar-refractivity contribution in [3.8, 4) is 0 Å². The summed E-state index contributed by atoms with van der Waals surface area (Å²) in [6.07, 6.45) is 3.03. The number of benzene rings is 1. The van der Waals surface area contributed by atoms with Crippen LogP contribution in [0, 0.1) is 31.4 Å². The van der Waals surface area contributed by atoms with E-state index in [0.29, 0.717) is 25.1 Å². The lowest BCUT2D eigenvalue weighted by Gasteiger charge is -2.33. The summed E-state index contributed by atoms with van der Waals surface area (Å²) in [6, 6.07) is 5.33. The Balaban J connectivity index is 1.69. The maximum Gasteiger partial charge on any atom is 0.263 e. The summed E-state index contributed by atoms with van der Waals surface area (Å²) in [7, 11) is 1.68. The molecule has 1 fully saturated rings. The van der Waals surface area contributed by atoms with Crippen LogP contribution in [0.4, 0.5) is 8.78 Å². The van der Waals surface area contributed by atoms with Crippen LogP contribution in [0.5, 0.6) is 0 Å². The highest BCUT2D eigenvalue weighted by Gasteiger charge is 2.26. The van der Waals surface area contributed by atoms with E-state index < -0.39 is 11.6 Å². The van der Waals surface area contributed by atoms with Gasteiger partial charge >= 0.3 is 0 Å². The normalized spacial score (nSPS) is 17.0. The van der Waals surface area contributed by atoms with E-state index in [1.54, 1.807) is 18.0 Å². The Labute approximate surface area is 163 Å². The van der Waals surface area contributed by atoms with E-state index in [1.807, 2.05) is 13.8 Å². The van der Waals surface area contributed by atoms with Crippen molar-refractivity contribution >= 4 is 5.91 Å². The van der Waals surface area contributed by atoms with Crippen molar-refractivity contribution in [1.29, 1.82) is 0 Å². The molecule has 0 radical (unpaired) electrons. The zero-order valence-corrected chi connectivity index (χ0v) is 16.6. The second-order valence-electron chi connectivity index (χ2n) is 7.72. The molecule has 1 aromatic heterocycles. The molecule has 0 aliphatic carbocycles. The lowest BCUT2D eigenvalue weighted by molar-refractivity contribution is 0.0665. The molecule has 0 saturated carbocycles. The first kappa shape index (κ1) is 20.2. The molecular formula is C22H26F2N2O2. The van der Waals surface area contributed by atoms with E-state index in [1.165, 1.54) is 16.7 Å². The van der Waals surface area contributed by atoms with Crippen molar-refractivity contribution in [3.05, 3.63) is 68.6 Å². The number of likely N-dealkylation sites (tertiary alicyclic amines) is 1. The number of piperidine rings is 1. The van der Waals surface area contributed by atoms with Crippen molar-refractivity contribution in [2.45, 2.75) is 39.5 Å². The standard InChI is InChI=1S/C22H26F2N2O2/c1-14-11-19(21(27)25(3)15(14)2)22(28)26-10-4-5-16(13-26)6-7-17-8-9-18(23)12-20(17)24/h8-9,11-12,16H,4-7,10,13H2,1-3H3/t16-/m0/s1. The number of aromatic nitrogens is 1. The predicted octanol–water partition coefficient (Wildman–Crippen LogP) is 3.77. The molecule has 0 spiro atoms. The van der Waals surface area contributed by atoms with Gasteiger partial charge in [-0.3, -0.25) is 9.59 Å². The highest BCUT2D eigenvalue weighted by Crippen LogP contribution is 2.24. The van der Waals surface area contributed by atoms with Gasteiger partial charge in [-0.15, -0.1) is 0 Å². The second-order valence-corrected chi connectivity index (χ2v) is 7.72. The zero-order chi connectivity index (χ0) is 20.4. The summed E-state index contributed by atoms with van der Waals surface area (Å²) in [5.74, 6) is -1.10. The van der Waals surface area contributed by atoms with Gasteiger partial charge in [0.15, 0.2) is 0 Å². The minimum atomic E-state index is -0.578. The number of carbonyl (C=O) groups excluding carboxylic acids is 1. The molecule has 1 aromatic carbocycles. The molecule has 0 bridgehead atoms. The number of carbonyl (C=O) groups is 1. The largest absolute Gasteiger partial charge is 0.338 e. The summed E-state index contributed by atoms with van der Waals surface area (Å²) < 4.78 is 28.4. The zero-order valence-electron chi connectivity index (χ0n) is 16.6. The molecule has 3 rings (SSSR count). The Hall–Kier alpha value is -2.50. The Morgan fingerprint density at radius 2 is 1.96 bits per heavy atom. The van der Waals surface area contributed by atoms with E-state index in [4.69, 9.17) is 0 Å². The number of rotatable bonds is 4. The van der Waals surface area contributed by atoms with Gasteiger partial charge in [0.1, 0.15) is 17.2 Å². The molecule has 1 saturated heterocycles. The van der Waals surface area contributed by atoms with Crippen LogP contribution in [0.15, 0.2) is 29.1 Å². The maximum absolute atomic E-state index is 13.8. The monoisotopic (exact) mass is 388 g/mol. The first-order valence-electron chi connectivity index (χ1n) is 9.68. The number of hydrogen-bond donors (Lipinski definition) is 0. The molecular weight excluding hydrogens is 362 g/mol. The van der Waals surface area contributed by atoms with Gasteiger partial charge in [-0.2, -0.15) is 0 Å². The number of aryl methyl sites for hydroxylation is 2. The van der Waals surface area contributed by atoms with Gasteiger partial charge in [0, 0.05) is 31.9 Å². The Morgan fingerprint density at radius 1 is 1.21 bits per heavy atom. The van der Waals surface area contributed by atoms with Crippen LogP contribution in [-0.2, 0) is 13.5 Å². The van der Waals surface area contributed by atoms with Crippen LogP contribution >= 0.6 is 0 Å². The molecule has 0 N–H and O–H groups in total. The number of halogens is 2. The first-order chi connectivity index (χ1) is 13.3. The fraction of sp³-hybridized carbons (Fsp3) is 0.455. The molecule has 1 aliphatic rings. The number of hydrogen-bond acceptors (Lipinski definition) is 2. The van der Waals surface area contributed by atoms with Crippen LogP contribution in [0.1, 0.15) is 46.4 Å². The third-order valence-electron chi connectivity index (χ3n) is 5.84. The van der Waals surface area contributed by atoms with Gasteiger partial charge < -0.3 is 9.47 Å². The van der Waals surface area contributed by atoms with Crippen LogP contribution in [0.2, 0.25) is 0 Å². The number of amides is 1. The predicted molar refractivity (Wildman–Crippen MR) is 104 cm³/mol. The summed E-state index contributed by atoms with van der Waals surface area (Å²) in [5, 5.41) is 0. The molecule has 28 heavy (non-hydrogen) atoms. The molecule has 0 unspecified atom stereocenters. The van der Waals surface area contributed by atoms with Gasteiger partial charge in [-0.05, 0) is 68.7 Å². The maximum atomic E-state index is 13.8. The Kier molecular flexibility index (Phi) is 5.96. The Morgan fingerprint density at radius 3 is 2.68 bits per heavy atom. The van der Waals surface area contributed by atoms with Crippen molar-refractivity contribution < 1.29 is 13.6 Å². The van der Waals surface area contributed by atoms with Crippen molar-refractivity contribution in [2.75, 3.05) is 13.1 Å². The average Bonchev–Trinajstić information content (AvgIpc) is 2.68. The second kappa shape index (κ2) is 8.25. The first-order valence-corrected chi connectivity index (χ1v) is 9.68. The van der Waals surface area contributed by atoms with E-state index >= 15 is 0 Å². The summed E-state index contributed by atoms with van der Waals surface area (Å²) in [4.78, 5) is 27.2. The molecule has 1 aliphatic heterocycles. The number of pyridine rings is 1. The molecule has 6 heteroatoms. The van der Waals surface area contributed by atoms with Gasteiger partial charge in [0.05, 0.1) is 0 Å². The van der Waals surface area contributed by atoms with Gasteiger partial charge in [-0.1, -0.05) is 6.07 Å². The molecule has 2 aromatic rings. The topological polar surface area (TPSA) is 42.3 Å². The smallest absolute Gasteiger partial charge is 0.263 e. The summed E-state index contributed by atoms with van der Waals surface area (Å²) in [5.41, 5.74) is 2.18. The van der Waals surface area contributed by atoms with Gasteiger partial charge in [0.25, 0.3) is 11.5 Å². The van der Waals surface area contributed by atoms with E-state index in [9.17, 15) is 18.4 Å². The molecule has 1 amide bonds. The quantitative estimate of drug-likeness (QED) is 0.800. The molecule has 150 valence electrons. The van der Waals surface area contributed by atoms with E-state index in [-0.39, 0.29) is 22.9 Å². The van der Waals surface area contributed by atoms with Crippen LogP contribution in [-0.4, -0.2) is 28.5 Å². The average molecular weight is 388 g/mol. The van der Waals surface area contributed by atoms with Crippen LogP contribution in [0.3, 0.4) is 0 Å². The van der Waals surface area contributed by atoms with E-state index in [0.717, 1.165) is 36.6 Å². The summed E-state index contributed by atoms with van der Waals surface area (Å²) in [6.45, 7) is 4.92. The molecule has 1 atom stereocenters. The van der Waals surface area contributed by atoms with Crippen molar-refractivity contribution in [1.82, 2.24) is 9.47 Å². The number of nitrogens with zero attached hydrogens (tertiary/aromatic N) is 2. The molecule has 2 heterocycles. The van der Waals surface area contributed by atoms with Gasteiger partial charge in [-0.25, -0.2) is 8.78 Å². The third-order valence-corrected chi connectivity index (χ3v) is 5.84. The summed E-state index contributed by atoms with van der Waals surface area (Å²) >= 11 is 0. The SMILES string of the molecule is Cc1cc(C(=O)N2CCC[C@@H](CCc3ccc(F)cc3F)C2)c(=O)n(C)c1C. The van der Waals surface area contributed by atoms with Crippen molar-refractivity contribution in [2.24, 2.45) is 13.0 Å². The van der Waals surface area contributed by atoms with E-state index in [2.05, 4.69) is 0 Å². The minimum absolute atomic E-state index is 0.204. The fourth-order valence-electron chi connectivity index (χ4n) is 3.87. The van der Waals surface area contributed by atoms with Gasteiger partial charge in [0.2, 0.25) is 0 Å². The van der Waals surface area contributed by atoms with Crippen molar-refractivity contribution in [3.63, 3.8) is 0 Å². The lowest BCUT2D eigenvalue weighted by Crippen LogP contribution is -2.42. The third kappa shape index (κ3) is 4.16. The highest BCUT2D eigenvalue weighted by atomic mass is 19.1. The highest BCUT2D eigenvalue weighted by molar-refractivity contribution is 5.94. The molecule has 4 nitrogen and oxygen atoms in total. The van der Waals surface area contributed by atoms with Crippen LogP contribution in [0.25, 0.3) is 0 Å². The lowest BCUT2D eigenvalue weighted by atomic mass is 9.91. The minimum Gasteiger partial charge on any atom is -0.338 e. The van der Waals surface area contributed by atoms with Crippen LogP contribution < -0.4 is 5.56 Å².